The van der Waals surface area contributed by atoms with E-state index in [1.807, 2.05) is 37.3 Å². The van der Waals surface area contributed by atoms with E-state index >= 15 is 0 Å². The Labute approximate surface area is 229 Å². The van der Waals surface area contributed by atoms with E-state index in [9.17, 15) is 20.1 Å². The molecule has 1 aromatic heterocycles. The summed E-state index contributed by atoms with van der Waals surface area (Å²) in [5.74, 6) is 2.15. The van der Waals surface area contributed by atoms with Crippen molar-refractivity contribution in [2.24, 2.45) is 5.41 Å². The Bertz CT molecular complexity index is 1150. The van der Waals surface area contributed by atoms with Crippen LogP contribution in [0.3, 0.4) is 0 Å². The van der Waals surface area contributed by atoms with E-state index in [1.165, 1.54) is 11.3 Å². The zero-order valence-electron chi connectivity index (χ0n) is 22.8. The van der Waals surface area contributed by atoms with Gasteiger partial charge in [-0.15, -0.1) is 0 Å². The lowest BCUT2D eigenvalue weighted by Gasteiger charge is -2.40. The minimum absolute atomic E-state index is 0.0497. The molecule has 212 valence electrons. The third-order valence-electron chi connectivity index (χ3n) is 8.59. The lowest BCUT2D eigenvalue weighted by atomic mass is 9.72. The van der Waals surface area contributed by atoms with Crippen LogP contribution < -0.4 is 19.1 Å². The summed E-state index contributed by atoms with van der Waals surface area (Å²) in [5.41, 5.74) is 0.257. The summed E-state index contributed by atoms with van der Waals surface area (Å²) in [6.07, 6.45) is 3.32. The molecule has 0 bridgehead atoms. The van der Waals surface area contributed by atoms with E-state index in [-0.39, 0.29) is 18.6 Å². The number of hydrogen-bond donors (Lipinski definition) is 3. The number of pyridine rings is 1. The number of methoxy groups -OCH3 is 1. The predicted octanol–water partition coefficient (Wildman–Crippen LogP) is 1.96. The molecule has 2 saturated heterocycles. The molecule has 0 spiro atoms. The number of nitrogens with zero attached hydrogens (tertiary/aromatic N) is 3. The summed E-state index contributed by atoms with van der Waals surface area (Å²) in [4.78, 5) is 20.8. The Balaban J connectivity index is 1.26. The number of benzene rings is 1. The molecule has 1 amide bonds. The van der Waals surface area contributed by atoms with E-state index in [4.69, 9.17) is 14.2 Å². The maximum Gasteiger partial charge on any atom is 0.253 e. The number of amides is 1. The molecule has 3 aliphatic rings. The fourth-order valence-corrected chi connectivity index (χ4v) is 5.57. The molecule has 5 rings (SSSR count). The topological polar surface area (TPSA) is 125 Å². The van der Waals surface area contributed by atoms with Gasteiger partial charge in [-0.05, 0) is 56.0 Å². The molecular weight excluding hydrogens is 502 g/mol. The van der Waals surface area contributed by atoms with Crippen LogP contribution in [0.1, 0.15) is 44.6 Å². The molecule has 1 aliphatic carbocycles. The molecule has 4 atom stereocenters. The van der Waals surface area contributed by atoms with Crippen molar-refractivity contribution in [3.05, 3.63) is 42.1 Å². The molecule has 1 aromatic carbocycles. The van der Waals surface area contributed by atoms with Gasteiger partial charge in [-0.2, -0.15) is 0 Å². The number of anilines is 1. The lowest BCUT2D eigenvalue weighted by molar-refractivity contribution is -0.141. The molecular formula is C29H39N3O7. The number of carbonyl (C=O) groups excluding carboxylic acids is 1. The Morgan fingerprint density at radius 1 is 1.10 bits per heavy atom. The summed E-state index contributed by atoms with van der Waals surface area (Å²) in [6.45, 7) is 4.95. The van der Waals surface area contributed by atoms with E-state index < -0.39 is 30.1 Å². The van der Waals surface area contributed by atoms with Gasteiger partial charge in [0.25, 0.3) is 5.91 Å². The standard InChI is InChI=1S/C29H39N3O7/c1-18(34)29(2)17-32(28(36)24(35)16-33)15-23(29)19-7-9-25(37-3)26(11-19)39-22-13-31(14-22)27-10-8-21(12-30-27)38-20-5-4-6-20/h7-12,18,20,22-24,33-35H,4-6,13-17H2,1-3H3/t18-,23+,24+,29+/m1/s1. The minimum atomic E-state index is -1.47. The average molecular weight is 542 g/mol. The van der Waals surface area contributed by atoms with Crippen molar-refractivity contribution in [1.82, 2.24) is 9.88 Å². The molecule has 0 unspecified atom stereocenters. The van der Waals surface area contributed by atoms with Gasteiger partial charge in [0.2, 0.25) is 0 Å². The number of ether oxygens (including phenoxy) is 3. The van der Waals surface area contributed by atoms with Crippen LogP contribution in [0.25, 0.3) is 0 Å². The van der Waals surface area contributed by atoms with Gasteiger partial charge >= 0.3 is 0 Å². The lowest BCUT2D eigenvalue weighted by Crippen LogP contribution is -2.54. The van der Waals surface area contributed by atoms with Crippen LogP contribution in [0.4, 0.5) is 5.82 Å². The van der Waals surface area contributed by atoms with Crippen LogP contribution in [-0.4, -0.2) is 95.4 Å². The number of aromatic nitrogens is 1. The van der Waals surface area contributed by atoms with Gasteiger partial charge in [0, 0.05) is 24.4 Å². The molecule has 2 aliphatic heterocycles. The Hall–Kier alpha value is -3.08. The monoisotopic (exact) mass is 541 g/mol. The summed E-state index contributed by atoms with van der Waals surface area (Å²) < 4.78 is 17.8. The zero-order chi connectivity index (χ0) is 27.7. The van der Waals surface area contributed by atoms with Crippen LogP contribution in [0.5, 0.6) is 17.2 Å². The first kappa shape index (κ1) is 27.5. The summed E-state index contributed by atoms with van der Waals surface area (Å²) >= 11 is 0. The average Bonchev–Trinajstić information content (AvgIpc) is 3.26. The molecule has 3 heterocycles. The van der Waals surface area contributed by atoms with Gasteiger partial charge in [0.1, 0.15) is 17.7 Å². The molecule has 10 nitrogen and oxygen atoms in total. The largest absolute Gasteiger partial charge is 0.493 e. The normalized spacial score (nSPS) is 25.0. The number of rotatable bonds is 10. The second-order valence-electron chi connectivity index (χ2n) is 11.2. The quantitative estimate of drug-likeness (QED) is 0.414. The number of aliphatic hydroxyl groups excluding tert-OH is 3. The first-order valence-electron chi connectivity index (χ1n) is 13.7. The third-order valence-corrected chi connectivity index (χ3v) is 8.59. The molecule has 2 aromatic rings. The van der Waals surface area contributed by atoms with E-state index in [1.54, 1.807) is 20.2 Å². The fraction of sp³-hybridized carbons (Fsp3) is 0.586. The highest BCUT2D eigenvalue weighted by atomic mass is 16.5. The smallest absolute Gasteiger partial charge is 0.253 e. The maximum absolute atomic E-state index is 12.6. The first-order chi connectivity index (χ1) is 18.7. The van der Waals surface area contributed by atoms with E-state index in [0.717, 1.165) is 30.0 Å². The van der Waals surface area contributed by atoms with Gasteiger partial charge < -0.3 is 39.3 Å². The first-order valence-corrected chi connectivity index (χ1v) is 13.7. The van der Waals surface area contributed by atoms with Crippen LogP contribution >= 0.6 is 0 Å². The van der Waals surface area contributed by atoms with E-state index in [0.29, 0.717) is 37.2 Å². The van der Waals surface area contributed by atoms with Crippen LogP contribution in [0, 0.1) is 5.41 Å². The zero-order valence-corrected chi connectivity index (χ0v) is 22.8. The number of carbonyl (C=O) groups is 1. The number of likely N-dealkylation sites (tertiary alicyclic amines) is 1. The number of hydrogen-bond acceptors (Lipinski definition) is 9. The highest BCUT2D eigenvalue weighted by Crippen LogP contribution is 2.47. The highest BCUT2D eigenvalue weighted by Gasteiger charge is 2.49. The number of aliphatic hydroxyl groups is 3. The molecule has 3 fully saturated rings. The van der Waals surface area contributed by atoms with Gasteiger partial charge in [0.15, 0.2) is 17.6 Å². The van der Waals surface area contributed by atoms with Crippen LogP contribution in [0.15, 0.2) is 36.5 Å². The van der Waals surface area contributed by atoms with Gasteiger partial charge in [-0.1, -0.05) is 13.0 Å². The highest BCUT2D eigenvalue weighted by molar-refractivity contribution is 5.81. The summed E-state index contributed by atoms with van der Waals surface area (Å²) in [6, 6.07) is 9.64. The molecule has 10 heteroatoms. The second-order valence-corrected chi connectivity index (χ2v) is 11.2. The molecule has 0 radical (unpaired) electrons. The predicted molar refractivity (Wildman–Crippen MR) is 144 cm³/mol. The van der Waals surface area contributed by atoms with E-state index in [2.05, 4.69) is 9.88 Å². The van der Waals surface area contributed by atoms with Crippen molar-refractivity contribution in [3.8, 4) is 17.2 Å². The van der Waals surface area contributed by atoms with Crippen LogP contribution in [-0.2, 0) is 4.79 Å². The SMILES string of the molecule is COc1ccc([C@@H]2CN(C(=O)[C@@H](O)CO)C[C@@]2(C)[C@@H](C)O)cc1OC1CN(c2ccc(OC3CCC3)cn2)C1. The van der Waals surface area contributed by atoms with Crippen molar-refractivity contribution >= 4 is 11.7 Å². The maximum atomic E-state index is 12.6. The third kappa shape index (κ3) is 5.50. The van der Waals surface area contributed by atoms with Gasteiger partial charge in [-0.25, -0.2) is 4.98 Å². The van der Waals surface area contributed by atoms with Gasteiger partial charge in [0.05, 0.1) is 45.2 Å². The Morgan fingerprint density at radius 2 is 1.87 bits per heavy atom. The summed E-state index contributed by atoms with van der Waals surface area (Å²) in [7, 11) is 1.60. The van der Waals surface area contributed by atoms with Crippen molar-refractivity contribution in [2.75, 3.05) is 44.8 Å². The fourth-order valence-electron chi connectivity index (χ4n) is 5.57. The minimum Gasteiger partial charge on any atom is -0.493 e. The van der Waals surface area contributed by atoms with Crippen molar-refractivity contribution in [1.29, 1.82) is 0 Å². The molecule has 1 saturated carbocycles. The van der Waals surface area contributed by atoms with Crippen molar-refractivity contribution < 1.29 is 34.3 Å². The second kappa shape index (κ2) is 11.2. The van der Waals surface area contributed by atoms with Gasteiger partial charge in [-0.3, -0.25) is 4.79 Å². The summed E-state index contributed by atoms with van der Waals surface area (Å²) in [5, 5.41) is 29.8. The van der Waals surface area contributed by atoms with Crippen LogP contribution in [0.2, 0.25) is 0 Å². The molecule has 39 heavy (non-hydrogen) atoms. The molecule has 3 N–H and O–H groups in total. The van der Waals surface area contributed by atoms with Crippen molar-refractivity contribution in [2.45, 2.75) is 63.4 Å². The Morgan fingerprint density at radius 3 is 2.46 bits per heavy atom. The van der Waals surface area contributed by atoms with Crippen molar-refractivity contribution in [3.63, 3.8) is 0 Å². The Kier molecular flexibility index (Phi) is 7.89.